The van der Waals surface area contributed by atoms with Gasteiger partial charge in [-0.1, -0.05) is 61.2 Å². The Labute approximate surface area is 151 Å². The maximum absolute atomic E-state index is 6.46. The molecule has 26 heavy (non-hydrogen) atoms. The van der Waals surface area contributed by atoms with Gasteiger partial charge >= 0.3 is 0 Å². The van der Waals surface area contributed by atoms with Crippen molar-refractivity contribution in [3.63, 3.8) is 0 Å². The summed E-state index contributed by atoms with van der Waals surface area (Å²) in [6, 6.07) is 23.3. The molecule has 0 saturated heterocycles. The Kier molecular flexibility index (Phi) is 3.26. The molecule has 1 atom stereocenters. The molecule has 0 fully saturated rings. The molecule has 0 spiro atoms. The quantitative estimate of drug-likeness (QED) is 0.327. The molecule has 126 valence electrons. The van der Waals surface area contributed by atoms with Gasteiger partial charge in [0, 0.05) is 21.7 Å². The molecule has 0 aliphatic rings. The monoisotopic (exact) mass is 338 g/mol. The number of hydrogen-bond acceptors (Lipinski definition) is 2. The topological polar surface area (TPSA) is 22.4 Å². The third-order valence-electron chi connectivity index (χ3n) is 5.12. The van der Waals surface area contributed by atoms with Gasteiger partial charge < -0.3 is 9.15 Å². The normalized spacial score (nSPS) is 12.8. The lowest BCUT2D eigenvalue weighted by atomic mass is 9.97. The maximum Gasteiger partial charge on any atom is 0.143 e. The smallest absolute Gasteiger partial charge is 0.143 e. The third kappa shape index (κ3) is 2.05. The molecule has 0 aliphatic carbocycles. The van der Waals surface area contributed by atoms with Crippen molar-refractivity contribution in [3.8, 4) is 0 Å². The molecule has 0 aliphatic heterocycles. The Morgan fingerprint density at radius 1 is 0.846 bits per heavy atom. The molecule has 5 rings (SSSR count). The highest BCUT2D eigenvalue weighted by atomic mass is 16.5. The Morgan fingerprint density at radius 2 is 1.58 bits per heavy atom. The van der Waals surface area contributed by atoms with Crippen molar-refractivity contribution in [3.05, 3.63) is 85.1 Å². The lowest BCUT2D eigenvalue weighted by Gasteiger charge is -2.13. The van der Waals surface area contributed by atoms with Gasteiger partial charge in [0.2, 0.25) is 0 Å². The number of ether oxygens (including phenoxy) is 1. The van der Waals surface area contributed by atoms with Gasteiger partial charge in [-0.2, -0.15) is 0 Å². The standard InChI is InChI=1S/C24H18O2/c1-3-25-15(2)21-14-17-9-5-6-10-18(17)22-20-13-12-16-8-4-7-11-19(16)23(20)26-24(21)22/h3-15H,1H2,2H3. The molecule has 0 amide bonds. The highest BCUT2D eigenvalue weighted by Crippen LogP contribution is 2.41. The summed E-state index contributed by atoms with van der Waals surface area (Å²) in [4.78, 5) is 0. The number of rotatable bonds is 3. The van der Waals surface area contributed by atoms with Crippen LogP contribution in [0.2, 0.25) is 0 Å². The molecule has 4 aromatic carbocycles. The van der Waals surface area contributed by atoms with E-state index in [1.54, 1.807) is 0 Å². The van der Waals surface area contributed by atoms with Crippen molar-refractivity contribution in [2.24, 2.45) is 0 Å². The van der Waals surface area contributed by atoms with Gasteiger partial charge in [-0.25, -0.2) is 0 Å². The van der Waals surface area contributed by atoms with Crippen LogP contribution in [-0.2, 0) is 4.74 Å². The van der Waals surface area contributed by atoms with Crippen molar-refractivity contribution in [1.82, 2.24) is 0 Å². The fourth-order valence-corrected chi connectivity index (χ4v) is 3.90. The van der Waals surface area contributed by atoms with Crippen LogP contribution in [-0.4, -0.2) is 0 Å². The summed E-state index contributed by atoms with van der Waals surface area (Å²) in [7, 11) is 0. The molecule has 1 aromatic heterocycles. The summed E-state index contributed by atoms with van der Waals surface area (Å²) in [5.74, 6) is 0. The van der Waals surface area contributed by atoms with E-state index < -0.39 is 0 Å². The molecule has 2 nitrogen and oxygen atoms in total. The first-order valence-electron chi connectivity index (χ1n) is 8.80. The maximum atomic E-state index is 6.46. The second-order valence-corrected chi connectivity index (χ2v) is 6.60. The summed E-state index contributed by atoms with van der Waals surface area (Å²) >= 11 is 0. The summed E-state index contributed by atoms with van der Waals surface area (Å²) < 4.78 is 12.1. The van der Waals surface area contributed by atoms with Gasteiger partial charge in [0.25, 0.3) is 0 Å². The fourth-order valence-electron chi connectivity index (χ4n) is 3.90. The first kappa shape index (κ1) is 15.0. The zero-order valence-corrected chi connectivity index (χ0v) is 14.5. The molecule has 0 radical (unpaired) electrons. The summed E-state index contributed by atoms with van der Waals surface area (Å²) in [6.45, 7) is 5.72. The Bertz CT molecular complexity index is 1290. The first-order chi connectivity index (χ1) is 12.8. The molecule has 1 heterocycles. The molecule has 0 saturated carbocycles. The number of hydrogen-bond donors (Lipinski definition) is 0. The number of furan rings is 1. The minimum Gasteiger partial charge on any atom is -0.494 e. The molecule has 5 aromatic rings. The van der Waals surface area contributed by atoms with E-state index in [1.807, 2.05) is 6.92 Å². The minimum atomic E-state index is -0.133. The number of benzene rings is 4. The Hall–Kier alpha value is -3.26. The lowest BCUT2D eigenvalue weighted by Crippen LogP contribution is -1.95. The predicted molar refractivity (Wildman–Crippen MR) is 108 cm³/mol. The van der Waals surface area contributed by atoms with Gasteiger partial charge in [-0.15, -0.1) is 0 Å². The van der Waals surface area contributed by atoms with Crippen LogP contribution in [0.5, 0.6) is 0 Å². The highest BCUT2D eigenvalue weighted by molar-refractivity contribution is 6.23. The van der Waals surface area contributed by atoms with Crippen LogP contribution in [0.25, 0.3) is 43.5 Å². The lowest BCUT2D eigenvalue weighted by molar-refractivity contribution is 0.166. The fraction of sp³-hybridized carbons (Fsp3) is 0.0833. The molecular weight excluding hydrogens is 320 g/mol. The first-order valence-corrected chi connectivity index (χ1v) is 8.80. The molecule has 1 unspecified atom stereocenters. The van der Waals surface area contributed by atoms with Crippen molar-refractivity contribution in [2.45, 2.75) is 13.0 Å². The van der Waals surface area contributed by atoms with E-state index in [0.717, 1.165) is 32.9 Å². The summed E-state index contributed by atoms with van der Waals surface area (Å²) in [5.41, 5.74) is 2.87. The summed E-state index contributed by atoms with van der Waals surface area (Å²) in [5, 5.41) is 6.99. The zero-order chi connectivity index (χ0) is 17.7. The molecule has 0 N–H and O–H groups in total. The largest absolute Gasteiger partial charge is 0.494 e. The second kappa shape index (κ2) is 5.63. The minimum absolute atomic E-state index is 0.133. The van der Waals surface area contributed by atoms with Crippen molar-refractivity contribution in [1.29, 1.82) is 0 Å². The van der Waals surface area contributed by atoms with E-state index in [9.17, 15) is 0 Å². The van der Waals surface area contributed by atoms with Gasteiger partial charge in [0.15, 0.2) is 0 Å². The third-order valence-corrected chi connectivity index (χ3v) is 5.12. The van der Waals surface area contributed by atoms with Crippen molar-refractivity contribution in [2.75, 3.05) is 0 Å². The van der Waals surface area contributed by atoms with Gasteiger partial charge in [0.05, 0.1) is 6.26 Å². The van der Waals surface area contributed by atoms with Crippen LogP contribution in [0.4, 0.5) is 0 Å². The second-order valence-electron chi connectivity index (χ2n) is 6.60. The van der Waals surface area contributed by atoms with Crippen LogP contribution >= 0.6 is 0 Å². The van der Waals surface area contributed by atoms with E-state index in [4.69, 9.17) is 9.15 Å². The Balaban J connectivity index is 2.02. The van der Waals surface area contributed by atoms with Crippen LogP contribution in [0, 0.1) is 0 Å². The molecule has 2 heteroatoms. The van der Waals surface area contributed by atoms with Crippen molar-refractivity contribution >= 4 is 43.5 Å². The van der Waals surface area contributed by atoms with Crippen LogP contribution in [0.3, 0.4) is 0 Å². The SMILES string of the molecule is C=COC(C)c1cc2ccccc2c2c1oc1c3ccccc3ccc12. The van der Waals surface area contributed by atoms with Crippen molar-refractivity contribution < 1.29 is 9.15 Å². The van der Waals surface area contributed by atoms with E-state index in [2.05, 4.69) is 73.3 Å². The van der Waals surface area contributed by atoms with Crippen LogP contribution in [0.15, 0.2) is 84.0 Å². The van der Waals surface area contributed by atoms with Crippen LogP contribution in [0.1, 0.15) is 18.6 Å². The average molecular weight is 338 g/mol. The van der Waals surface area contributed by atoms with Gasteiger partial charge in [-0.3, -0.25) is 0 Å². The van der Waals surface area contributed by atoms with E-state index in [-0.39, 0.29) is 6.10 Å². The molecule has 0 bridgehead atoms. The van der Waals surface area contributed by atoms with E-state index >= 15 is 0 Å². The van der Waals surface area contributed by atoms with Crippen LogP contribution < -0.4 is 0 Å². The van der Waals surface area contributed by atoms with E-state index in [1.165, 1.54) is 22.4 Å². The molecular formula is C24H18O2. The highest BCUT2D eigenvalue weighted by Gasteiger charge is 2.19. The van der Waals surface area contributed by atoms with Gasteiger partial charge in [-0.05, 0) is 35.2 Å². The predicted octanol–water partition coefficient (Wildman–Crippen LogP) is 7.11. The summed E-state index contributed by atoms with van der Waals surface area (Å²) in [6.07, 6.45) is 1.36. The zero-order valence-electron chi connectivity index (χ0n) is 14.5. The average Bonchev–Trinajstić information content (AvgIpc) is 3.08. The Morgan fingerprint density at radius 3 is 2.38 bits per heavy atom. The van der Waals surface area contributed by atoms with Gasteiger partial charge in [0.1, 0.15) is 17.3 Å². The van der Waals surface area contributed by atoms with E-state index in [0.29, 0.717) is 0 Å². The number of fused-ring (bicyclic) bond motifs is 7.